The van der Waals surface area contributed by atoms with E-state index in [1.54, 1.807) is 18.2 Å². The molecule has 0 aromatic heterocycles. The third-order valence-corrected chi connectivity index (χ3v) is 6.04. The molecular weight excluding hydrogens is 415 g/mol. The lowest BCUT2D eigenvalue weighted by Gasteiger charge is -2.37. The van der Waals surface area contributed by atoms with Crippen LogP contribution in [-0.2, 0) is 19.1 Å². The maximum atomic E-state index is 13.4. The van der Waals surface area contributed by atoms with Crippen molar-refractivity contribution in [3.8, 4) is 0 Å². The van der Waals surface area contributed by atoms with Gasteiger partial charge in [0.25, 0.3) is 11.8 Å². The van der Waals surface area contributed by atoms with E-state index in [-0.39, 0.29) is 36.7 Å². The molecule has 3 aliphatic rings. The van der Waals surface area contributed by atoms with Gasteiger partial charge in [0.15, 0.2) is 0 Å². The van der Waals surface area contributed by atoms with Crippen LogP contribution < -0.4 is 0 Å². The number of benzene rings is 1. The molecule has 6 nitrogen and oxygen atoms in total. The Balaban J connectivity index is 1.76. The Hall–Kier alpha value is -1.60. The summed E-state index contributed by atoms with van der Waals surface area (Å²) in [6, 6.07) is 4.97. The molecule has 3 aliphatic heterocycles. The minimum Gasteiger partial charge on any atom is -0.376 e. The van der Waals surface area contributed by atoms with Crippen molar-refractivity contribution in [1.29, 1.82) is 0 Å². The molecule has 0 bridgehead atoms. The molecule has 8 heteroatoms. The van der Waals surface area contributed by atoms with Crippen LogP contribution >= 0.6 is 23.2 Å². The second kappa shape index (κ2) is 8.26. The number of ether oxygens (including phenoxy) is 2. The molecule has 156 valence electrons. The highest BCUT2D eigenvalue weighted by Gasteiger charge is 2.44. The molecule has 0 saturated carbocycles. The van der Waals surface area contributed by atoms with Crippen molar-refractivity contribution in [2.24, 2.45) is 0 Å². The van der Waals surface area contributed by atoms with Crippen LogP contribution in [-0.4, -0.2) is 66.2 Å². The highest BCUT2D eigenvalue weighted by molar-refractivity contribution is 6.41. The number of imide groups is 1. The van der Waals surface area contributed by atoms with E-state index < -0.39 is 0 Å². The molecular formula is C21H24Cl2N2O4. The van der Waals surface area contributed by atoms with Crippen LogP contribution in [0.4, 0.5) is 0 Å². The quantitative estimate of drug-likeness (QED) is 0.674. The molecule has 29 heavy (non-hydrogen) atoms. The van der Waals surface area contributed by atoms with Crippen LogP contribution in [0.5, 0.6) is 0 Å². The van der Waals surface area contributed by atoms with Gasteiger partial charge < -0.3 is 14.4 Å². The molecule has 2 fully saturated rings. The van der Waals surface area contributed by atoms with Gasteiger partial charge in [0, 0.05) is 30.3 Å². The molecule has 4 rings (SSSR count). The number of morpholine rings is 1. The Bertz CT molecular complexity index is 856. The third kappa shape index (κ3) is 4.04. The fourth-order valence-corrected chi connectivity index (χ4v) is 4.81. The minimum absolute atomic E-state index is 0.0525. The van der Waals surface area contributed by atoms with Crippen molar-refractivity contribution in [3.05, 3.63) is 39.5 Å². The number of carbonyl (C=O) groups is 2. The summed E-state index contributed by atoms with van der Waals surface area (Å²) in [4.78, 5) is 30.1. The predicted octanol–water partition coefficient (Wildman–Crippen LogP) is 3.36. The van der Waals surface area contributed by atoms with E-state index in [0.29, 0.717) is 46.6 Å². The van der Waals surface area contributed by atoms with E-state index in [9.17, 15) is 9.59 Å². The summed E-state index contributed by atoms with van der Waals surface area (Å²) in [6.45, 7) is 5.90. The first-order chi connectivity index (χ1) is 13.8. The zero-order valence-electron chi connectivity index (χ0n) is 16.5. The van der Waals surface area contributed by atoms with Crippen molar-refractivity contribution in [1.82, 2.24) is 9.80 Å². The van der Waals surface area contributed by atoms with Crippen LogP contribution in [0, 0.1) is 0 Å². The summed E-state index contributed by atoms with van der Waals surface area (Å²) in [7, 11) is 0. The van der Waals surface area contributed by atoms with E-state index in [2.05, 4.69) is 0 Å². The van der Waals surface area contributed by atoms with Gasteiger partial charge in [-0.05, 0) is 38.8 Å². The van der Waals surface area contributed by atoms with Gasteiger partial charge in [-0.2, -0.15) is 0 Å². The zero-order valence-corrected chi connectivity index (χ0v) is 18.0. The van der Waals surface area contributed by atoms with Gasteiger partial charge in [-0.1, -0.05) is 29.3 Å². The van der Waals surface area contributed by atoms with E-state index in [0.717, 1.165) is 12.8 Å². The van der Waals surface area contributed by atoms with Gasteiger partial charge in [-0.3, -0.25) is 14.5 Å². The standard InChI is InChI=1S/C21H24Cl2N2O4/c1-12-9-24(10-13(2)29-12)19-18(16-6-5-14(22)8-17(16)23)20(26)25(21(19)27)11-15-4-3-7-28-15/h5-6,8,12-13,15H,3-4,7,9-11H2,1-2H3. The second-order valence-corrected chi connectivity index (χ2v) is 8.71. The molecule has 2 saturated heterocycles. The maximum absolute atomic E-state index is 13.4. The van der Waals surface area contributed by atoms with Crippen LogP contribution in [0.25, 0.3) is 5.57 Å². The van der Waals surface area contributed by atoms with Crippen molar-refractivity contribution in [2.45, 2.75) is 45.0 Å². The average Bonchev–Trinajstić information content (AvgIpc) is 3.23. The highest BCUT2D eigenvalue weighted by Crippen LogP contribution is 2.37. The molecule has 2 amide bonds. The van der Waals surface area contributed by atoms with Crippen molar-refractivity contribution >= 4 is 40.6 Å². The summed E-state index contributed by atoms with van der Waals surface area (Å²) in [6.07, 6.45) is 1.56. The lowest BCUT2D eigenvalue weighted by molar-refractivity contribution is -0.140. The number of hydrogen-bond acceptors (Lipinski definition) is 5. The SMILES string of the molecule is CC1CN(C2=C(c3ccc(Cl)cc3Cl)C(=O)N(CC3CCCO3)C2=O)CC(C)O1. The zero-order chi connectivity index (χ0) is 20.7. The Morgan fingerprint density at radius 1 is 1.10 bits per heavy atom. The van der Waals surface area contributed by atoms with Crippen molar-refractivity contribution in [3.63, 3.8) is 0 Å². The molecule has 1 aromatic carbocycles. The third-order valence-electron chi connectivity index (χ3n) is 5.49. The fourth-order valence-electron chi connectivity index (χ4n) is 4.31. The summed E-state index contributed by atoms with van der Waals surface area (Å²) in [5, 5.41) is 0.821. The maximum Gasteiger partial charge on any atom is 0.277 e. The first-order valence-electron chi connectivity index (χ1n) is 9.93. The van der Waals surface area contributed by atoms with E-state index in [1.807, 2.05) is 18.7 Å². The summed E-state index contributed by atoms with van der Waals surface area (Å²) < 4.78 is 11.5. The molecule has 1 aromatic rings. The van der Waals surface area contributed by atoms with Crippen molar-refractivity contribution in [2.75, 3.05) is 26.2 Å². The van der Waals surface area contributed by atoms with Gasteiger partial charge >= 0.3 is 0 Å². The van der Waals surface area contributed by atoms with Crippen LogP contribution in [0.3, 0.4) is 0 Å². The summed E-state index contributed by atoms with van der Waals surface area (Å²) in [5.41, 5.74) is 1.24. The molecule has 3 atom stereocenters. The second-order valence-electron chi connectivity index (χ2n) is 7.87. The fraction of sp³-hybridized carbons (Fsp3) is 0.524. The number of amides is 2. The van der Waals surface area contributed by atoms with Gasteiger partial charge in [0.1, 0.15) is 5.70 Å². The van der Waals surface area contributed by atoms with Gasteiger partial charge in [-0.15, -0.1) is 0 Å². The highest BCUT2D eigenvalue weighted by atomic mass is 35.5. The number of halogens is 2. The first kappa shape index (κ1) is 20.7. The minimum atomic E-state index is -0.337. The monoisotopic (exact) mass is 438 g/mol. The van der Waals surface area contributed by atoms with Crippen LogP contribution in [0.1, 0.15) is 32.3 Å². The largest absolute Gasteiger partial charge is 0.376 e. The van der Waals surface area contributed by atoms with Gasteiger partial charge in [0.2, 0.25) is 0 Å². The number of hydrogen-bond donors (Lipinski definition) is 0. The Labute approximate surface area is 180 Å². The predicted molar refractivity (Wildman–Crippen MR) is 111 cm³/mol. The summed E-state index contributed by atoms with van der Waals surface area (Å²) in [5.74, 6) is -0.635. The number of nitrogens with zero attached hydrogens (tertiary/aromatic N) is 2. The molecule has 0 radical (unpaired) electrons. The first-order valence-corrected chi connectivity index (χ1v) is 10.7. The topological polar surface area (TPSA) is 59.1 Å². The average molecular weight is 439 g/mol. The smallest absolute Gasteiger partial charge is 0.277 e. The number of rotatable bonds is 4. The normalized spacial score (nSPS) is 28.1. The van der Waals surface area contributed by atoms with E-state index in [4.69, 9.17) is 32.7 Å². The number of carbonyl (C=O) groups excluding carboxylic acids is 2. The van der Waals surface area contributed by atoms with E-state index >= 15 is 0 Å². The van der Waals surface area contributed by atoms with Crippen LogP contribution in [0.15, 0.2) is 23.9 Å². The van der Waals surface area contributed by atoms with Crippen molar-refractivity contribution < 1.29 is 19.1 Å². The lowest BCUT2D eigenvalue weighted by Crippen LogP contribution is -2.47. The van der Waals surface area contributed by atoms with Gasteiger partial charge in [-0.25, -0.2) is 0 Å². The van der Waals surface area contributed by atoms with E-state index in [1.165, 1.54) is 4.90 Å². The Morgan fingerprint density at radius 2 is 1.83 bits per heavy atom. The van der Waals surface area contributed by atoms with Crippen LogP contribution in [0.2, 0.25) is 10.0 Å². The lowest BCUT2D eigenvalue weighted by atomic mass is 10.0. The molecule has 0 aliphatic carbocycles. The molecule has 3 heterocycles. The van der Waals surface area contributed by atoms with Gasteiger partial charge in [0.05, 0.1) is 35.5 Å². The Morgan fingerprint density at radius 3 is 2.45 bits per heavy atom. The molecule has 3 unspecified atom stereocenters. The Kier molecular flexibility index (Phi) is 5.89. The summed E-state index contributed by atoms with van der Waals surface area (Å²) >= 11 is 12.5. The molecule has 0 N–H and O–H groups in total. The molecule has 0 spiro atoms.